The van der Waals surface area contributed by atoms with E-state index in [1.54, 1.807) is 54.6 Å². The first kappa shape index (κ1) is 25.7. The molecule has 10 heteroatoms. The van der Waals surface area contributed by atoms with Gasteiger partial charge in [-0.2, -0.15) is 0 Å². The molecule has 1 fully saturated rings. The van der Waals surface area contributed by atoms with Crippen molar-refractivity contribution < 1.29 is 19.1 Å². The van der Waals surface area contributed by atoms with E-state index in [0.717, 1.165) is 19.6 Å². The minimum atomic E-state index is -0.790. The lowest BCUT2D eigenvalue weighted by molar-refractivity contribution is -0.122. The first-order valence-electron chi connectivity index (χ1n) is 10.2. The summed E-state index contributed by atoms with van der Waals surface area (Å²) in [7, 11) is 0. The van der Waals surface area contributed by atoms with Gasteiger partial charge < -0.3 is 4.74 Å². The fraction of sp³-hybridized carbons (Fsp3) is 0.0800. The Hall–Kier alpha value is -2.40. The predicted molar refractivity (Wildman–Crippen MR) is 148 cm³/mol. The van der Waals surface area contributed by atoms with E-state index >= 15 is 0 Å². The third-order valence-corrected chi connectivity index (χ3v) is 7.09. The van der Waals surface area contributed by atoms with E-state index in [1.807, 2.05) is 6.92 Å². The third-order valence-electron chi connectivity index (χ3n) is 5.11. The van der Waals surface area contributed by atoms with Crippen LogP contribution in [0.3, 0.4) is 0 Å². The van der Waals surface area contributed by atoms with E-state index in [9.17, 15) is 14.4 Å². The van der Waals surface area contributed by atoms with Gasteiger partial charge in [0.15, 0.2) is 0 Å². The molecule has 4 rings (SSSR count). The maximum atomic E-state index is 13.1. The molecule has 3 aromatic rings. The number of amides is 4. The number of halogens is 4. The molecule has 0 spiro atoms. The Balaban J connectivity index is 1.60. The summed E-state index contributed by atoms with van der Waals surface area (Å²) in [5.41, 5.74) is 2.54. The van der Waals surface area contributed by atoms with Gasteiger partial charge in [0, 0.05) is 15.6 Å². The van der Waals surface area contributed by atoms with Crippen LogP contribution in [0.15, 0.2) is 64.6 Å². The van der Waals surface area contributed by atoms with Crippen LogP contribution < -0.4 is 15.0 Å². The molecule has 0 bridgehead atoms. The molecule has 1 saturated heterocycles. The number of rotatable bonds is 5. The highest BCUT2D eigenvalue weighted by Gasteiger charge is 2.36. The molecule has 35 heavy (non-hydrogen) atoms. The second kappa shape index (κ2) is 10.7. The maximum absolute atomic E-state index is 13.1. The van der Waals surface area contributed by atoms with Gasteiger partial charge in [0.05, 0.1) is 13.7 Å². The summed E-state index contributed by atoms with van der Waals surface area (Å²) in [6.45, 7) is 2.12. The van der Waals surface area contributed by atoms with Crippen LogP contribution in [0.5, 0.6) is 5.75 Å². The van der Waals surface area contributed by atoms with E-state index in [-0.39, 0.29) is 12.2 Å². The zero-order valence-corrected chi connectivity index (χ0v) is 23.3. The lowest BCUT2D eigenvalue weighted by atomic mass is 10.1. The summed E-state index contributed by atoms with van der Waals surface area (Å²) in [5.74, 6) is -0.881. The highest BCUT2D eigenvalue weighted by atomic mass is 127. The number of aryl methyl sites for hydroxylation is 1. The summed E-state index contributed by atoms with van der Waals surface area (Å²) >= 11 is 17.8. The minimum absolute atomic E-state index is 0.158. The van der Waals surface area contributed by atoms with Crippen LogP contribution in [0.4, 0.5) is 10.5 Å². The Morgan fingerprint density at radius 1 is 1.06 bits per heavy atom. The summed E-state index contributed by atoms with van der Waals surface area (Å²) in [4.78, 5) is 38.9. The lowest BCUT2D eigenvalue weighted by Crippen LogP contribution is -2.54. The monoisotopic (exact) mass is 684 g/mol. The molecule has 178 valence electrons. The molecular weight excluding hydrogens is 670 g/mol. The highest BCUT2D eigenvalue weighted by Crippen LogP contribution is 2.34. The molecule has 1 aliphatic heterocycles. The van der Waals surface area contributed by atoms with Crippen molar-refractivity contribution in [2.75, 3.05) is 4.90 Å². The normalized spacial score (nSPS) is 14.9. The lowest BCUT2D eigenvalue weighted by Gasteiger charge is -2.26. The van der Waals surface area contributed by atoms with Gasteiger partial charge in [0.25, 0.3) is 11.8 Å². The number of carbonyl (C=O) groups excluding carboxylic acids is 3. The zero-order valence-electron chi connectivity index (χ0n) is 18.1. The molecule has 0 atom stereocenters. The number of nitrogens with one attached hydrogen (secondary N) is 1. The van der Waals surface area contributed by atoms with Crippen molar-refractivity contribution in [3.05, 3.63) is 94.9 Å². The predicted octanol–water partition coefficient (Wildman–Crippen LogP) is 6.91. The zero-order chi connectivity index (χ0) is 25.3. The standard InChI is InChI=1S/C25H16BrCl2IN2O4/c1-13-2-6-17(7-3-13)31-24(33)18(23(32)30-25(31)34)8-14-9-19(26)22(21(29)10-14)35-12-15-4-5-16(27)11-20(15)28/h2-11H,12H2,1H3,(H,30,32,34)/b18-8+. The molecule has 6 nitrogen and oxygen atoms in total. The van der Waals surface area contributed by atoms with Gasteiger partial charge in [-0.3, -0.25) is 14.9 Å². The quantitative estimate of drug-likeness (QED) is 0.180. The molecule has 3 aromatic carbocycles. The number of carbonyl (C=O) groups is 3. The molecule has 1 aliphatic rings. The molecule has 0 aromatic heterocycles. The van der Waals surface area contributed by atoms with Gasteiger partial charge in [0.1, 0.15) is 17.9 Å². The number of imide groups is 2. The number of nitrogens with zero attached hydrogens (tertiary/aromatic N) is 1. The number of benzene rings is 3. The van der Waals surface area contributed by atoms with Crippen molar-refractivity contribution in [3.8, 4) is 5.75 Å². The van der Waals surface area contributed by atoms with Crippen LogP contribution in [0.25, 0.3) is 6.08 Å². The highest BCUT2D eigenvalue weighted by molar-refractivity contribution is 14.1. The second-order valence-electron chi connectivity index (χ2n) is 7.63. The van der Waals surface area contributed by atoms with E-state index in [0.29, 0.717) is 31.5 Å². The molecule has 0 radical (unpaired) electrons. The average molecular weight is 686 g/mol. The minimum Gasteiger partial charge on any atom is -0.487 e. The number of hydrogen-bond acceptors (Lipinski definition) is 4. The molecule has 1 heterocycles. The van der Waals surface area contributed by atoms with Gasteiger partial charge in [-0.1, -0.05) is 47.0 Å². The summed E-state index contributed by atoms with van der Waals surface area (Å²) in [6, 6.07) is 14.7. The van der Waals surface area contributed by atoms with Crippen LogP contribution in [-0.4, -0.2) is 17.8 Å². The van der Waals surface area contributed by atoms with Crippen molar-refractivity contribution in [2.24, 2.45) is 0 Å². The number of urea groups is 1. The van der Waals surface area contributed by atoms with Crippen LogP contribution >= 0.6 is 61.7 Å². The van der Waals surface area contributed by atoms with Crippen LogP contribution in [0, 0.1) is 10.5 Å². The smallest absolute Gasteiger partial charge is 0.335 e. The molecule has 4 amide bonds. The Morgan fingerprint density at radius 2 is 1.77 bits per heavy atom. The summed E-state index contributed by atoms with van der Waals surface area (Å²) in [6.07, 6.45) is 1.44. The Bertz CT molecular complexity index is 1370. The first-order valence-corrected chi connectivity index (χ1v) is 12.8. The molecule has 0 saturated carbocycles. The van der Waals surface area contributed by atoms with E-state index in [2.05, 4.69) is 43.8 Å². The number of ether oxygens (including phenoxy) is 1. The largest absolute Gasteiger partial charge is 0.487 e. The van der Waals surface area contributed by atoms with Gasteiger partial charge in [-0.25, -0.2) is 9.69 Å². The van der Waals surface area contributed by atoms with E-state index < -0.39 is 17.8 Å². The van der Waals surface area contributed by atoms with Crippen molar-refractivity contribution in [3.63, 3.8) is 0 Å². The van der Waals surface area contributed by atoms with Gasteiger partial charge in [-0.05, 0) is 93.5 Å². The number of barbiturate groups is 1. The Morgan fingerprint density at radius 3 is 2.43 bits per heavy atom. The van der Waals surface area contributed by atoms with E-state index in [4.69, 9.17) is 27.9 Å². The van der Waals surface area contributed by atoms with Crippen molar-refractivity contribution in [1.29, 1.82) is 0 Å². The number of anilines is 1. The van der Waals surface area contributed by atoms with Gasteiger partial charge in [-0.15, -0.1) is 0 Å². The van der Waals surface area contributed by atoms with Gasteiger partial charge in [0.2, 0.25) is 0 Å². The summed E-state index contributed by atoms with van der Waals surface area (Å²) in [5, 5.41) is 3.27. The van der Waals surface area contributed by atoms with Crippen LogP contribution in [0.1, 0.15) is 16.7 Å². The maximum Gasteiger partial charge on any atom is 0.335 e. The Labute approximate surface area is 233 Å². The molecular formula is C25H16BrCl2IN2O4. The fourth-order valence-corrected chi connectivity index (χ4v) is 5.57. The number of hydrogen-bond donors (Lipinski definition) is 1. The van der Waals surface area contributed by atoms with Crippen molar-refractivity contribution >= 4 is 91.3 Å². The van der Waals surface area contributed by atoms with Gasteiger partial charge >= 0.3 is 6.03 Å². The van der Waals surface area contributed by atoms with Crippen molar-refractivity contribution in [2.45, 2.75) is 13.5 Å². The van der Waals surface area contributed by atoms with Crippen LogP contribution in [-0.2, 0) is 16.2 Å². The topological polar surface area (TPSA) is 75.7 Å². The molecule has 1 N–H and O–H groups in total. The second-order valence-corrected chi connectivity index (χ2v) is 10.5. The van der Waals surface area contributed by atoms with Crippen LogP contribution in [0.2, 0.25) is 10.0 Å². The molecule has 0 unspecified atom stereocenters. The van der Waals surface area contributed by atoms with Crippen molar-refractivity contribution in [1.82, 2.24) is 5.32 Å². The van der Waals surface area contributed by atoms with E-state index in [1.165, 1.54) is 6.08 Å². The average Bonchev–Trinajstić information content (AvgIpc) is 2.78. The first-order chi connectivity index (χ1) is 16.6. The SMILES string of the molecule is Cc1ccc(N2C(=O)NC(=O)/C(=C\c3cc(Br)c(OCc4ccc(Cl)cc4Cl)c(I)c3)C2=O)cc1. The Kier molecular flexibility index (Phi) is 7.85. The molecule has 0 aliphatic carbocycles. The summed E-state index contributed by atoms with van der Waals surface area (Å²) < 4.78 is 7.32. The fourth-order valence-electron chi connectivity index (χ4n) is 3.34. The third kappa shape index (κ3) is 5.72.